The van der Waals surface area contributed by atoms with E-state index < -0.39 is 29.7 Å². The Morgan fingerprint density at radius 2 is 1.46 bits per heavy atom. The second-order valence-corrected chi connectivity index (χ2v) is 10.9. The molecule has 2 unspecified atom stereocenters. The second kappa shape index (κ2) is 14.3. The van der Waals surface area contributed by atoms with E-state index in [1.807, 2.05) is 54.6 Å². The molecule has 3 aromatic rings. The van der Waals surface area contributed by atoms with E-state index in [0.29, 0.717) is 12.1 Å². The number of alkyl carbamates (subject to hydrolysis) is 1. The van der Waals surface area contributed by atoms with Gasteiger partial charge in [0, 0.05) is 19.5 Å². The fourth-order valence-corrected chi connectivity index (χ4v) is 4.47. The summed E-state index contributed by atoms with van der Waals surface area (Å²) >= 11 is 0. The van der Waals surface area contributed by atoms with Crippen LogP contribution in [0.25, 0.3) is 0 Å². The number of phenols is 1. The third-order valence-electron chi connectivity index (χ3n) is 6.56. The Morgan fingerprint density at radius 1 is 0.854 bits per heavy atom. The standard InChI is InChI=1S/C33H41N3O5/c1-6-23-13-17-26(18-14-23)29(30(38)34-22-25-11-9-8-10-12-25)36(7-2)31(39)28(35-32(40)41-33(3,4)5)21-24-15-19-27(37)20-16-24/h8-20,28-29,37H,6-7,21-22H2,1-5H3,(H,34,38)(H,35,40). The third-order valence-corrected chi connectivity index (χ3v) is 6.56. The first kappa shape index (κ1) is 31.2. The molecule has 0 saturated heterocycles. The van der Waals surface area contributed by atoms with Crippen LogP contribution in [0.5, 0.6) is 5.75 Å². The minimum absolute atomic E-state index is 0.0950. The van der Waals surface area contributed by atoms with Crippen LogP contribution < -0.4 is 10.6 Å². The number of carbonyl (C=O) groups is 3. The van der Waals surface area contributed by atoms with Gasteiger partial charge in [-0.2, -0.15) is 0 Å². The van der Waals surface area contributed by atoms with Gasteiger partial charge in [-0.15, -0.1) is 0 Å². The number of benzene rings is 3. The van der Waals surface area contributed by atoms with E-state index in [2.05, 4.69) is 17.6 Å². The molecule has 0 aliphatic heterocycles. The van der Waals surface area contributed by atoms with E-state index in [-0.39, 0.29) is 24.6 Å². The van der Waals surface area contributed by atoms with Crippen molar-refractivity contribution in [2.45, 2.75) is 71.7 Å². The number of hydrogen-bond acceptors (Lipinski definition) is 5. The highest BCUT2D eigenvalue weighted by Crippen LogP contribution is 2.24. The molecule has 3 aromatic carbocycles. The predicted molar refractivity (Wildman–Crippen MR) is 159 cm³/mol. The molecule has 3 rings (SSSR count). The Kier molecular flexibility index (Phi) is 10.9. The van der Waals surface area contributed by atoms with Gasteiger partial charge < -0.3 is 25.4 Å². The van der Waals surface area contributed by atoms with Crippen LogP contribution in [0.3, 0.4) is 0 Å². The SMILES string of the molecule is CCc1ccc(C(C(=O)NCc2ccccc2)N(CC)C(=O)C(Cc2ccc(O)cc2)NC(=O)OC(C)(C)C)cc1. The van der Waals surface area contributed by atoms with Crippen LogP contribution in [0.2, 0.25) is 0 Å². The highest BCUT2D eigenvalue weighted by Gasteiger charge is 2.35. The van der Waals surface area contributed by atoms with Gasteiger partial charge in [-0.05, 0) is 68.5 Å². The molecule has 8 heteroatoms. The van der Waals surface area contributed by atoms with Crippen LogP contribution in [0, 0.1) is 0 Å². The van der Waals surface area contributed by atoms with E-state index in [9.17, 15) is 19.5 Å². The van der Waals surface area contributed by atoms with Gasteiger partial charge in [-0.3, -0.25) is 9.59 Å². The first-order valence-electron chi connectivity index (χ1n) is 14.0. The van der Waals surface area contributed by atoms with Crippen LogP contribution in [0.15, 0.2) is 78.9 Å². The first-order chi connectivity index (χ1) is 19.5. The van der Waals surface area contributed by atoms with Gasteiger partial charge >= 0.3 is 6.09 Å². The predicted octanol–water partition coefficient (Wildman–Crippen LogP) is 5.30. The van der Waals surface area contributed by atoms with Gasteiger partial charge in [0.15, 0.2) is 0 Å². The van der Waals surface area contributed by atoms with Crippen molar-refractivity contribution in [1.82, 2.24) is 15.5 Å². The topological polar surface area (TPSA) is 108 Å². The highest BCUT2D eigenvalue weighted by molar-refractivity contribution is 5.92. The van der Waals surface area contributed by atoms with Crippen LogP contribution in [0.4, 0.5) is 4.79 Å². The van der Waals surface area contributed by atoms with Gasteiger partial charge in [0.2, 0.25) is 11.8 Å². The van der Waals surface area contributed by atoms with Gasteiger partial charge in [0.1, 0.15) is 23.4 Å². The zero-order valence-electron chi connectivity index (χ0n) is 24.5. The van der Waals surface area contributed by atoms with Gasteiger partial charge in [-0.1, -0.05) is 73.7 Å². The maximum atomic E-state index is 14.2. The maximum absolute atomic E-state index is 14.2. The average molecular weight is 560 g/mol. The maximum Gasteiger partial charge on any atom is 0.408 e. The van der Waals surface area contributed by atoms with Crippen LogP contribution in [-0.2, 0) is 33.7 Å². The smallest absolute Gasteiger partial charge is 0.408 e. The quantitative estimate of drug-likeness (QED) is 0.296. The number of ether oxygens (including phenoxy) is 1. The van der Waals surface area contributed by atoms with Crippen LogP contribution in [-0.4, -0.2) is 46.1 Å². The van der Waals surface area contributed by atoms with Crippen molar-refractivity contribution in [3.63, 3.8) is 0 Å². The molecule has 218 valence electrons. The molecular weight excluding hydrogens is 518 g/mol. The third kappa shape index (κ3) is 9.38. The Balaban J connectivity index is 1.96. The first-order valence-corrected chi connectivity index (χ1v) is 14.0. The number of phenolic OH excluding ortho intramolecular Hbond substituents is 1. The Hall–Kier alpha value is -4.33. The molecule has 0 bridgehead atoms. The molecule has 0 aliphatic carbocycles. The molecule has 0 aromatic heterocycles. The zero-order valence-corrected chi connectivity index (χ0v) is 24.5. The highest BCUT2D eigenvalue weighted by atomic mass is 16.6. The number of hydrogen-bond donors (Lipinski definition) is 3. The fourth-order valence-electron chi connectivity index (χ4n) is 4.47. The summed E-state index contributed by atoms with van der Waals surface area (Å²) in [6.07, 6.45) is 0.251. The molecule has 3 N–H and O–H groups in total. The van der Waals surface area contributed by atoms with E-state index in [0.717, 1.165) is 23.1 Å². The van der Waals surface area contributed by atoms with Crippen molar-refractivity contribution >= 4 is 17.9 Å². The van der Waals surface area contributed by atoms with E-state index in [1.165, 1.54) is 17.0 Å². The number of nitrogens with zero attached hydrogens (tertiary/aromatic N) is 1. The van der Waals surface area contributed by atoms with Crippen molar-refractivity contribution < 1.29 is 24.2 Å². The summed E-state index contributed by atoms with van der Waals surface area (Å²) in [5.41, 5.74) is 2.69. The average Bonchev–Trinajstić information content (AvgIpc) is 2.94. The summed E-state index contributed by atoms with van der Waals surface area (Å²) in [6, 6.07) is 21.7. The summed E-state index contributed by atoms with van der Waals surface area (Å²) in [5, 5.41) is 15.4. The molecule has 0 fully saturated rings. The summed E-state index contributed by atoms with van der Waals surface area (Å²) in [4.78, 5) is 42.2. The number of likely N-dealkylation sites (N-methyl/N-ethyl adjacent to an activating group) is 1. The molecule has 2 atom stereocenters. The second-order valence-electron chi connectivity index (χ2n) is 10.9. The molecule has 0 aliphatic rings. The minimum Gasteiger partial charge on any atom is -0.508 e. The lowest BCUT2D eigenvalue weighted by Gasteiger charge is -2.34. The molecule has 3 amide bonds. The van der Waals surface area contributed by atoms with Crippen molar-refractivity contribution in [3.8, 4) is 5.75 Å². The number of carbonyl (C=O) groups excluding carboxylic acids is 3. The molecule has 0 heterocycles. The summed E-state index contributed by atoms with van der Waals surface area (Å²) < 4.78 is 5.45. The lowest BCUT2D eigenvalue weighted by atomic mass is 9.99. The van der Waals surface area contributed by atoms with Crippen molar-refractivity contribution in [2.24, 2.45) is 0 Å². The normalized spacial score (nSPS) is 12.6. The summed E-state index contributed by atoms with van der Waals surface area (Å²) in [6.45, 7) is 9.62. The van der Waals surface area contributed by atoms with Gasteiger partial charge in [0.25, 0.3) is 0 Å². The van der Waals surface area contributed by atoms with E-state index in [4.69, 9.17) is 4.74 Å². The number of amides is 3. The summed E-state index contributed by atoms with van der Waals surface area (Å²) in [5.74, 6) is -0.655. The van der Waals surface area contributed by atoms with Crippen molar-refractivity contribution in [2.75, 3.05) is 6.54 Å². The minimum atomic E-state index is -1.02. The fraction of sp³-hybridized carbons (Fsp3) is 0.364. The largest absolute Gasteiger partial charge is 0.508 e. The van der Waals surface area contributed by atoms with Gasteiger partial charge in [-0.25, -0.2) is 4.79 Å². The molecular formula is C33H41N3O5. The van der Waals surface area contributed by atoms with Gasteiger partial charge in [0.05, 0.1) is 0 Å². The molecule has 0 radical (unpaired) electrons. The zero-order chi connectivity index (χ0) is 30.0. The number of aryl methyl sites for hydroxylation is 1. The molecule has 0 spiro atoms. The molecule has 8 nitrogen and oxygen atoms in total. The lowest BCUT2D eigenvalue weighted by Crippen LogP contribution is -2.53. The van der Waals surface area contributed by atoms with Crippen molar-refractivity contribution in [1.29, 1.82) is 0 Å². The lowest BCUT2D eigenvalue weighted by molar-refractivity contribution is -0.142. The Labute approximate surface area is 242 Å². The Bertz CT molecular complexity index is 1290. The van der Waals surface area contributed by atoms with Crippen molar-refractivity contribution in [3.05, 3.63) is 101 Å². The monoisotopic (exact) mass is 559 g/mol. The molecule has 41 heavy (non-hydrogen) atoms. The number of aromatic hydroxyl groups is 1. The van der Waals surface area contributed by atoms with E-state index >= 15 is 0 Å². The number of nitrogens with one attached hydrogen (secondary N) is 2. The summed E-state index contributed by atoms with van der Waals surface area (Å²) in [7, 11) is 0. The molecule has 0 saturated carbocycles. The van der Waals surface area contributed by atoms with E-state index in [1.54, 1.807) is 39.8 Å². The number of rotatable bonds is 11. The van der Waals surface area contributed by atoms with Crippen LogP contribution >= 0.6 is 0 Å². The van der Waals surface area contributed by atoms with Crippen LogP contribution in [0.1, 0.15) is 62.9 Å². The Morgan fingerprint density at radius 3 is 2.02 bits per heavy atom.